The quantitative estimate of drug-likeness (QED) is 0.140. The molecule has 36 heavy (non-hydrogen) atoms. The molecule has 4 heteroatoms. The number of hydrogen-bond acceptors (Lipinski definition) is 3. The van der Waals surface area contributed by atoms with Crippen LogP contribution in [-0.2, 0) is 6.42 Å². The Balaban J connectivity index is 1.34. The summed E-state index contributed by atoms with van der Waals surface area (Å²) in [6.07, 6.45) is 17.2. The van der Waals surface area contributed by atoms with E-state index in [4.69, 9.17) is 9.47 Å². The van der Waals surface area contributed by atoms with Gasteiger partial charge in [0, 0.05) is 6.07 Å². The van der Waals surface area contributed by atoms with Crippen LogP contribution in [0.1, 0.15) is 113 Å². The van der Waals surface area contributed by atoms with Crippen molar-refractivity contribution in [2.75, 3.05) is 6.61 Å². The molecular formula is C32H45FO3. The van der Waals surface area contributed by atoms with Crippen molar-refractivity contribution >= 4 is 5.97 Å². The minimum Gasteiger partial charge on any atom is -0.494 e. The van der Waals surface area contributed by atoms with Gasteiger partial charge in [0.15, 0.2) is 0 Å². The molecule has 0 bridgehead atoms. The lowest BCUT2D eigenvalue weighted by atomic mass is 9.78. The molecule has 0 saturated heterocycles. The molecule has 0 radical (unpaired) electrons. The second kappa shape index (κ2) is 15.7. The van der Waals surface area contributed by atoms with Crippen molar-refractivity contribution in [3.8, 4) is 11.5 Å². The van der Waals surface area contributed by atoms with E-state index in [0.29, 0.717) is 24.2 Å². The first-order chi connectivity index (χ1) is 17.6. The van der Waals surface area contributed by atoms with Crippen LogP contribution < -0.4 is 9.47 Å². The topological polar surface area (TPSA) is 35.5 Å². The molecule has 0 aliphatic heterocycles. The third-order valence-corrected chi connectivity index (χ3v) is 7.58. The van der Waals surface area contributed by atoms with Gasteiger partial charge in [0.25, 0.3) is 0 Å². The van der Waals surface area contributed by atoms with Gasteiger partial charge in [-0.2, -0.15) is 0 Å². The molecule has 2 aromatic rings. The molecule has 0 spiro atoms. The largest absolute Gasteiger partial charge is 0.494 e. The van der Waals surface area contributed by atoms with Crippen LogP contribution in [0.4, 0.5) is 4.39 Å². The maximum absolute atomic E-state index is 14.3. The predicted octanol–water partition coefficient (Wildman–Crippen LogP) is 9.32. The summed E-state index contributed by atoms with van der Waals surface area (Å²) in [5.41, 5.74) is 1.09. The predicted molar refractivity (Wildman–Crippen MR) is 145 cm³/mol. The number of aryl methyl sites for hydroxylation is 1. The highest BCUT2D eigenvalue weighted by atomic mass is 19.1. The number of carbonyl (C=O) groups is 1. The van der Waals surface area contributed by atoms with Gasteiger partial charge in [0.1, 0.15) is 17.3 Å². The highest BCUT2D eigenvalue weighted by molar-refractivity contribution is 5.91. The van der Waals surface area contributed by atoms with Crippen molar-refractivity contribution in [1.29, 1.82) is 0 Å². The Kier molecular flexibility index (Phi) is 12.3. The maximum atomic E-state index is 14.3. The summed E-state index contributed by atoms with van der Waals surface area (Å²) in [5.74, 6) is 1.98. The van der Waals surface area contributed by atoms with E-state index in [1.54, 1.807) is 36.4 Å². The Labute approximate surface area is 217 Å². The molecule has 0 unspecified atom stereocenters. The summed E-state index contributed by atoms with van der Waals surface area (Å²) in [5, 5.41) is 0. The molecule has 198 valence electrons. The lowest BCUT2D eigenvalue weighted by molar-refractivity contribution is 0.0734. The van der Waals surface area contributed by atoms with E-state index in [0.717, 1.165) is 43.3 Å². The van der Waals surface area contributed by atoms with Crippen LogP contribution in [0.15, 0.2) is 42.5 Å². The second-order valence-corrected chi connectivity index (χ2v) is 10.5. The molecule has 0 N–H and O–H groups in total. The van der Waals surface area contributed by atoms with Gasteiger partial charge >= 0.3 is 5.97 Å². The third kappa shape index (κ3) is 9.59. The van der Waals surface area contributed by atoms with E-state index < -0.39 is 5.97 Å². The van der Waals surface area contributed by atoms with Crippen LogP contribution >= 0.6 is 0 Å². The van der Waals surface area contributed by atoms with E-state index in [9.17, 15) is 9.18 Å². The Morgan fingerprint density at radius 3 is 2.06 bits per heavy atom. The van der Waals surface area contributed by atoms with Crippen molar-refractivity contribution < 1.29 is 18.7 Å². The lowest BCUT2D eigenvalue weighted by Gasteiger charge is -2.28. The molecule has 0 amide bonds. The van der Waals surface area contributed by atoms with Crippen LogP contribution in [-0.4, -0.2) is 12.6 Å². The van der Waals surface area contributed by atoms with Crippen LogP contribution in [0.2, 0.25) is 0 Å². The Hall–Kier alpha value is -2.36. The summed E-state index contributed by atoms with van der Waals surface area (Å²) in [6.45, 7) is 5.10. The minimum atomic E-state index is -0.495. The molecule has 1 saturated carbocycles. The minimum absolute atomic E-state index is 0.229. The molecule has 3 rings (SSSR count). The Morgan fingerprint density at radius 1 is 0.806 bits per heavy atom. The average molecular weight is 497 g/mol. The van der Waals surface area contributed by atoms with Gasteiger partial charge in [-0.3, -0.25) is 0 Å². The number of halogens is 1. The second-order valence-electron chi connectivity index (χ2n) is 10.5. The Morgan fingerprint density at radius 2 is 1.42 bits per heavy atom. The summed E-state index contributed by atoms with van der Waals surface area (Å²) >= 11 is 0. The number of carbonyl (C=O) groups excluding carboxylic acids is 1. The van der Waals surface area contributed by atoms with Gasteiger partial charge in [-0.25, -0.2) is 9.18 Å². The number of ether oxygens (including phenoxy) is 2. The van der Waals surface area contributed by atoms with Crippen LogP contribution in [0.3, 0.4) is 0 Å². The fourth-order valence-corrected chi connectivity index (χ4v) is 5.27. The first-order valence-electron chi connectivity index (χ1n) is 14.3. The van der Waals surface area contributed by atoms with Gasteiger partial charge < -0.3 is 9.47 Å². The zero-order valence-electron chi connectivity index (χ0n) is 22.4. The van der Waals surface area contributed by atoms with Crippen LogP contribution in [0.5, 0.6) is 11.5 Å². The highest BCUT2D eigenvalue weighted by Gasteiger charge is 2.20. The molecule has 0 aromatic heterocycles. The van der Waals surface area contributed by atoms with E-state index in [-0.39, 0.29) is 11.6 Å². The van der Waals surface area contributed by atoms with Crippen molar-refractivity contribution in [2.45, 2.75) is 104 Å². The summed E-state index contributed by atoms with van der Waals surface area (Å²) in [6, 6.07) is 11.7. The number of esters is 1. The van der Waals surface area contributed by atoms with Crippen molar-refractivity contribution in [3.63, 3.8) is 0 Å². The maximum Gasteiger partial charge on any atom is 0.343 e. The molecule has 1 aliphatic rings. The summed E-state index contributed by atoms with van der Waals surface area (Å²) < 4.78 is 25.6. The molecule has 0 atom stereocenters. The van der Waals surface area contributed by atoms with Crippen molar-refractivity contribution in [3.05, 3.63) is 59.4 Å². The van der Waals surface area contributed by atoms with Gasteiger partial charge in [0.05, 0.1) is 12.2 Å². The molecular weight excluding hydrogens is 451 g/mol. The van der Waals surface area contributed by atoms with E-state index in [1.807, 2.05) is 0 Å². The zero-order chi connectivity index (χ0) is 25.6. The lowest BCUT2D eigenvalue weighted by Crippen LogP contribution is -2.15. The SMILES string of the molecule is CCCCCc1ccc(OC(=O)c2ccc(OCCC[C@H]3CC[C@H](CCCCC)CC3)cc2)cc1F. The molecule has 1 fully saturated rings. The van der Waals surface area contributed by atoms with Crippen LogP contribution in [0, 0.1) is 17.7 Å². The first kappa shape index (κ1) is 28.2. The fourth-order valence-electron chi connectivity index (χ4n) is 5.27. The number of unbranched alkanes of at least 4 members (excludes halogenated alkanes) is 4. The number of hydrogen-bond donors (Lipinski definition) is 0. The van der Waals surface area contributed by atoms with Crippen LogP contribution in [0.25, 0.3) is 0 Å². The summed E-state index contributed by atoms with van der Waals surface area (Å²) in [4.78, 5) is 12.5. The van der Waals surface area contributed by atoms with E-state index in [1.165, 1.54) is 63.9 Å². The number of rotatable bonds is 15. The Bertz CT molecular complexity index is 900. The number of benzene rings is 2. The highest BCUT2D eigenvalue weighted by Crippen LogP contribution is 2.34. The van der Waals surface area contributed by atoms with Crippen molar-refractivity contribution in [1.82, 2.24) is 0 Å². The van der Waals surface area contributed by atoms with E-state index >= 15 is 0 Å². The molecule has 2 aromatic carbocycles. The van der Waals surface area contributed by atoms with Gasteiger partial charge in [-0.15, -0.1) is 0 Å². The van der Waals surface area contributed by atoms with Gasteiger partial charge in [-0.05, 0) is 73.4 Å². The first-order valence-corrected chi connectivity index (χ1v) is 14.3. The van der Waals surface area contributed by atoms with Gasteiger partial charge in [0.2, 0.25) is 0 Å². The monoisotopic (exact) mass is 496 g/mol. The van der Waals surface area contributed by atoms with Gasteiger partial charge in [-0.1, -0.05) is 84.1 Å². The average Bonchev–Trinajstić information content (AvgIpc) is 2.89. The van der Waals surface area contributed by atoms with E-state index in [2.05, 4.69) is 13.8 Å². The zero-order valence-corrected chi connectivity index (χ0v) is 22.4. The fraction of sp³-hybridized carbons (Fsp3) is 0.594. The summed E-state index contributed by atoms with van der Waals surface area (Å²) in [7, 11) is 0. The molecule has 3 nitrogen and oxygen atoms in total. The standard InChI is InChI=1S/C32H45FO3/c1-3-5-7-10-25-13-15-26(16-14-25)11-9-23-35-29-20-18-28(19-21-29)32(34)36-30-22-17-27(31(33)24-30)12-8-6-4-2/h17-22,24-26H,3-16,23H2,1-2H3/t25-,26-. The van der Waals surface area contributed by atoms with Crippen molar-refractivity contribution in [2.24, 2.45) is 11.8 Å². The smallest absolute Gasteiger partial charge is 0.343 e. The third-order valence-electron chi connectivity index (χ3n) is 7.58. The molecule has 0 heterocycles. The molecule has 1 aliphatic carbocycles. The normalized spacial score (nSPS) is 17.6.